The van der Waals surface area contributed by atoms with Gasteiger partial charge in [0.2, 0.25) is 23.6 Å². The molecule has 1 N–H and O–H groups in total. The van der Waals surface area contributed by atoms with Crippen LogP contribution < -0.4 is 5.32 Å². The molecule has 3 heterocycles. The number of nitrogens with one attached hydrogen (secondary N) is 1. The molecule has 4 amide bonds. The Morgan fingerprint density at radius 3 is 2.46 bits per heavy atom. The molecule has 128 valence electrons. The minimum absolute atomic E-state index is 0.0815. The second-order valence-electron chi connectivity index (χ2n) is 5.86. The highest BCUT2D eigenvalue weighted by Crippen LogP contribution is 2.21. The largest absolute Gasteiger partial charge is 0.341 e. The maximum atomic E-state index is 12.2. The summed E-state index contributed by atoms with van der Waals surface area (Å²) in [6.45, 7) is 0.712. The molecule has 24 heavy (non-hydrogen) atoms. The Labute approximate surface area is 142 Å². The molecule has 9 heteroatoms. The van der Waals surface area contributed by atoms with Gasteiger partial charge in [-0.3, -0.25) is 24.1 Å². The number of hydrogen-bond acceptors (Lipinski definition) is 6. The average Bonchev–Trinajstić information content (AvgIpc) is 3.20. The Balaban J connectivity index is 1.47. The highest BCUT2D eigenvalue weighted by atomic mass is 32.1. The van der Waals surface area contributed by atoms with E-state index in [1.165, 1.54) is 11.3 Å². The van der Waals surface area contributed by atoms with E-state index in [0.717, 1.165) is 4.90 Å². The zero-order chi connectivity index (χ0) is 17.1. The van der Waals surface area contributed by atoms with Crippen molar-refractivity contribution in [3.8, 4) is 0 Å². The van der Waals surface area contributed by atoms with Crippen LogP contribution in [-0.2, 0) is 19.2 Å². The Morgan fingerprint density at radius 1 is 1.21 bits per heavy atom. The number of hydrogen-bond donors (Lipinski definition) is 1. The Hall–Kier alpha value is -2.29. The van der Waals surface area contributed by atoms with Gasteiger partial charge in [-0.25, -0.2) is 4.98 Å². The fraction of sp³-hybridized carbons (Fsp3) is 0.533. The molecule has 0 spiro atoms. The first-order valence-corrected chi connectivity index (χ1v) is 8.74. The van der Waals surface area contributed by atoms with Crippen molar-refractivity contribution in [2.45, 2.75) is 25.7 Å². The number of amides is 4. The zero-order valence-corrected chi connectivity index (χ0v) is 13.9. The van der Waals surface area contributed by atoms with Crippen LogP contribution in [0, 0.1) is 5.92 Å². The van der Waals surface area contributed by atoms with E-state index in [1.54, 1.807) is 16.5 Å². The van der Waals surface area contributed by atoms with Crippen molar-refractivity contribution in [1.82, 2.24) is 14.8 Å². The van der Waals surface area contributed by atoms with E-state index < -0.39 is 0 Å². The average molecular weight is 350 g/mol. The van der Waals surface area contributed by atoms with Gasteiger partial charge in [0.25, 0.3) is 0 Å². The SMILES string of the molecule is O=C(Nc1nccs1)C1CCN(C(=O)CN2C(=O)CCC2=O)CC1. The Morgan fingerprint density at radius 2 is 1.88 bits per heavy atom. The van der Waals surface area contributed by atoms with Gasteiger partial charge >= 0.3 is 0 Å². The number of carbonyl (C=O) groups excluding carboxylic acids is 4. The van der Waals surface area contributed by atoms with Crippen molar-refractivity contribution in [3.63, 3.8) is 0 Å². The maximum Gasteiger partial charge on any atom is 0.242 e. The molecule has 8 nitrogen and oxygen atoms in total. The second-order valence-corrected chi connectivity index (χ2v) is 6.75. The van der Waals surface area contributed by atoms with Crippen LogP contribution in [0.15, 0.2) is 11.6 Å². The molecule has 0 unspecified atom stereocenters. The van der Waals surface area contributed by atoms with Crippen LogP contribution in [0.4, 0.5) is 5.13 Å². The van der Waals surface area contributed by atoms with E-state index in [9.17, 15) is 19.2 Å². The number of anilines is 1. The molecule has 2 saturated heterocycles. The van der Waals surface area contributed by atoms with Crippen molar-refractivity contribution in [2.24, 2.45) is 5.92 Å². The number of likely N-dealkylation sites (tertiary alicyclic amines) is 2. The number of aromatic nitrogens is 1. The summed E-state index contributed by atoms with van der Waals surface area (Å²) in [7, 11) is 0. The molecular formula is C15H18N4O4S. The molecule has 2 aliphatic rings. The minimum Gasteiger partial charge on any atom is -0.341 e. The first kappa shape index (κ1) is 16.6. The summed E-state index contributed by atoms with van der Waals surface area (Å²) in [5.41, 5.74) is 0. The second kappa shape index (κ2) is 7.08. The lowest BCUT2D eigenvalue weighted by atomic mass is 9.96. The minimum atomic E-state index is -0.286. The van der Waals surface area contributed by atoms with Crippen LogP contribution in [0.5, 0.6) is 0 Å². The van der Waals surface area contributed by atoms with Crippen LogP contribution >= 0.6 is 11.3 Å². The van der Waals surface area contributed by atoms with Crippen molar-refractivity contribution < 1.29 is 19.2 Å². The zero-order valence-electron chi connectivity index (χ0n) is 13.1. The molecule has 0 bridgehead atoms. The summed E-state index contributed by atoms with van der Waals surface area (Å²) in [5, 5.41) is 5.14. The summed E-state index contributed by atoms with van der Waals surface area (Å²) >= 11 is 1.36. The molecule has 0 aromatic carbocycles. The third-order valence-electron chi connectivity index (χ3n) is 4.33. The normalized spacial score (nSPS) is 19.0. The monoisotopic (exact) mass is 350 g/mol. The molecule has 3 rings (SSSR count). The molecule has 1 aromatic heterocycles. The van der Waals surface area contributed by atoms with Gasteiger partial charge in [-0.15, -0.1) is 11.3 Å². The number of imide groups is 1. The Kier molecular flexibility index (Phi) is 4.89. The topological polar surface area (TPSA) is 99.7 Å². The molecule has 0 aliphatic carbocycles. The van der Waals surface area contributed by atoms with Gasteiger partial charge in [-0.1, -0.05) is 0 Å². The van der Waals surface area contributed by atoms with E-state index in [0.29, 0.717) is 31.1 Å². The molecule has 0 atom stereocenters. The van der Waals surface area contributed by atoms with E-state index in [4.69, 9.17) is 0 Å². The van der Waals surface area contributed by atoms with Crippen molar-refractivity contribution in [1.29, 1.82) is 0 Å². The van der Waals surface area contributed by atoms with Gasteiger partial charge in [0.15, 0.2) is 5.13 Å². The predicted molar refractivity (Wildman–Crippen MR) is 86.0 cm³/mol. The van der Waals surface area contributed by atoms with E-state index in [1.807, 2.05) is 0 Å². The highest BCUT2D eigenvalue weighted by Gasteiger charge is 2.33. The van der Waals surface area contributed by atoms with Crippen molar-refractivity contribution in [3.05, 3.63) is 11.6 Å². The van der Waals surface area contributed by atoms with Gasteiger partial charge in [0.05, 0.1) is 0 Å². The fourth-order valence-corrected chi connectivity index (χ4v) is 3.45. The van der Waals surface area contributed by atoms with Crippen LogP contribution in [-0.4, -0.2) is 58.0 Å². The van der Waals surface area contributed by atoms with E-state index >= 15 is 0 Å². The Bertz CT molecular complexity index is 636. The first-order valence-electron chi connectivity index (χ1n) is 7.86. The van der Waals surface area contributed by atoms with E-state index in [2.05, 4.69) is 10.3 Å². The molecule has 2 aliphatic heterocycles. The summed E-state index contributed by atoms with van der Waals surface area (Å²) in [6, 6.07) is 0. The smallest absolute Gasteiger partial charge is 0.242 e. The summed E-state index contributed by atoms with van der Waals surface area (Å²) in [4.78, 5) is 54.2. The molecule has 0 saturated carbocycles. The number of nitrogens with zero attached hydrogens (tertiary/aromatic N) is 3. The third kappa shape index (κ3) is 3.61. The van der Waals surface area contributed by atoms with Gasteiger partial charge < -0.3 is 10.2 Å². The number of piperidine rings is 1. The van der Waals surface area contributed by atoms with Crippen molar-refractivity contribution in [2.75, 3.05) is 25.0 Å². The number of rotatable bonds is 4. The van der Waals surface area contributed by atoms with Crippen LogP contribution in [0.2, 0.25) is 0 Å². The van der Waals surface area contributed by atoms with Crippen molar-refractivity contribution >= 4 is 40.1 Å². The van der Waals surface area contributed by atoms with Gasteiger partial charge in [0.1, 0.15) is 6.54 Å². The van der Waals surface area contributed by atoms with E-state index in [-0.39, 0.29) is 48.9 Å². The summed E-state index contributed by atoms with van der Waals surface area (Å²) in [5.74, 6) is -1.05. The molecule has 0 radical (unpaired) electrons. The lowest BCUT2D eigenvalue weighted by Crippen LogP contribution is -2.46. The molecule has 2 fully saturated rings. The number of thiazole rings is 1. The predicted octanol–water partition coefficient (Wildman–Crippen LogP) is 0.469. The van der Waals surface area contributed by atoms with Gasteiger partial charge in [0, 0.05) is 43.4 Å². The van der Waals surface area contributed by atoms with Crippen LogP contribution in [0.25, 0.3) is 0 Å². The summed E-state index contributed by atoms with van der Waals surface area (Å²) in [6.07, 6.45) is 3.12. The quantitative estimate of drug-likeness (QED) is 0.796. The highest BCUT2D eigenvalue weighted by molar-refractivity contribution is 7.13. The lowest BCUT2D eigenvalue weighted by Gasteiger charge is -2.32. The molecule has 1 aromatic rings. The maximum absolute atomic E-state index is 12.2. The van der Waals surface area contributed by atoms with Crippen LogP contribution in [0.1, 0.15) is 25.7 Å². The summed E-state index contributed by atoms with van der Waals surface area (Å²) < 4.78 is 0. The number of carbonyl (C=O) groups is 4. The standard InChI is InChI=1S/C15H18N4O4S/c20-11-1-2-12(21)19(11)9-13(22)18-6-3-10(4-7-18)14(23)17-15-16-5-8-24-15/h5,8,10H,1-4,6-7,9H2,(H,16,17,23). The van der Waals surface area contributed by atoms with Gasteiger partial charge in [-0.05, 0) is 12.8 Å². The fourth-order valence-electron chi connectivity index (χ4n) is 2.92. The molecular weight excluding hydrogens is 332 g/mol. The lowest BCUT2D eigenvalue weighted by molar-refractivity contribution is -0.146. The first-order chi connectivity index (χ1) is 11.5. The van der Waals surface area contributed by atoms with Gasteiger partial charge in [-0.2, -0.15) is 0 Å². The third-order valence-corrected chi connectivity index (χ3v) is 5.02. The van der Waals surface area contributed by atoms with Crippen LogP contribution in [0.3, 0.4) is 0 Å².